The predicted molar refractivity (Wildman–Crippen MR) is 106 cm³/mol. The number of halogens is 2. The number of benzene rings is 3. The van der Waals surface area contributed by atoms with E-state index in [4.69, 9.17) is 32.7 Å². The third-order valence-electron chi connectivity index (χ3n) is 4.29. The second-order valence-corrected chi connectivity index (χ2v) is 6.89. The number of rotatable bonds is 4. The van der Waals surface area contributed by atoms with Crippen molar-refractivity contribution < 1.29 is 14.3 Å². The van der Waals surface area contributed by atoms with E-state index < -0.39 is 0 Å². The third kappa shape index (κ3) is 3.72. The molecule has 1 atom stereocenters. The Bertz CT molecular complexity index is 975. The van der Waals surface area contributed by atoms with Gasteiger partial charge in [0.1, 0.15) is 18.1 Å². The predicted octanol–water partition coefficient (Wildman–Crippen LogP) is 6.48. The van der Waals surface area contributed by atoms with Crippen LogP contribution in [0.1, 0.15) is 11.6 Å². The van der Waals surface area contributed by atoms with E-state index in [1.165, 1.54) is 0 Å². The summed E-state index contributed by atoms with van der Waals surface area (Å²) in [6.07, 6.45) is -0.389. The maximum Gasteiger partial charge on any atom is 0.415 e. The molecule has 1 heterocycles. The number of amides is 1. The molecule has 3 aromatic carbocycles. The van der Waals surface area contributed by atoms with Crippen molar-refractivity contribution >= 4 is 35.0 Å². The summed E-state index contributed by atoms with van der Waals surface area (Å²) in [6, 6.07) is 21.7. The van der Waals surface area contributed by atoms with Crippen LogP contribution in [0.4, 0.5) is 10.5 Å². The van der Waals surface area contributed by atoms with E-state index in [2.05, 4.69) is 0 Å². The second-order valence-electron chi connectivity index (χ2n) is 6.04. The molecule has 4 rings (SSSR count). The van der Waals surface area contributed by atoms with Gasteiger partial charge in [0.15, 0.2) is 0 Å². The number of ether oxygens (including phenoxy) is 2. The Labute approximate surface area is 166 Å². The third-order valence-corrected chi connectivity index (χ3v) is 4.85. The van der Waals surface area contributed by atoms with Crippen LogP contribution < -0.4 is 9.64 Å². The van der Waals surface area contributed by atoms with Crippen molar-refractivity contribution in [3.63, 3.8) is 0 Å². The number of carbonyl (C=O) groups excluding carboxylic acids is 1. The van der Waals surface area contributed by atoms with Crippen LogP contribution in [0.25, 0.3) is 0 Å². The van der Waals surface area contributed by atoms with Gasteiger partial charge in [-0.1, -0.05) is 47.5 Å². The fourth-order valence-electron chi connectivity index (χ4n) is 2.99. The number of cyclic esters (lactones) is 1. The van der Waals surface area contributed by atoms with Crippen LogP contribution >= 0.6 is 23.2 Å². The molecule has 3 aromatic rings. The Balaban J connectivity index is 1.63. The van der Waals surface area contributed by atoms with Gasteiger partial charge in [-0.05, 0) is 54.1 Å². The Morgan fingerprint density at radius 1 is 0.963 bits per heavy atom. The summed E-state index contributed by atoms with van der Waals surface area (Å²) in [5, 5.41) is 1.14. The fourth-order valence-corrected chi connectivity index (χ4v) is 3.29. The topological polar surface area (TPSA) is 38.8 Å². The first kappa shape index (κ1) is 17.7. The van der Waals surface area contributed by atoms with Gasteiger partial charge in [-0.25, -0.2) is 4.79 Å². The van der Waals surface area contributed by atoms with E-state index in [9.17, 15) is 4.79 Å². The van der Waals surface area contributed by atoms with E-state index in [-0.39, 0.29) is 18.7 Å². The molecule has 6 heteroatoms. The van der Waals surface area contributed by atoms with Crippen LogP contribution in [0.5, 0.6) is 11.5 Å². The zero-order chi connectivity index (χ0) is 18.8. The molecule has 0 N–H and O–H groups in total. The molecular formula is C21H15Cl2NO3. The largest absolute Gasteiger partial charge is 0.456 e. The molecule has 0 saturated carbocycles. The Morgan fingerprint density at radius 2 is 1.74 bits per heavy atom. The van der Waals surface area contributed by atoms with Crippen LogP contribution in [0, 0.1) is 0 Å². The van der Waals surface area contributed by atoms with Crippen molar-refractivity contribution in [1.82, 2.24) is 0 Å². The summed E-state index contributed by atoms with van der Waals surface area (Å²) in [7, 11) is 0. The van der Waals surface area contributed by atoms with E-state index >= 15 is 0 Å². The molecule has 1 amide bonds. The summed E-state index contributed by atoms with van der Waals surface area (Å²) >= 11 is 12.1. The number of para-hydroxylation sites is 1. The first-order valence-corrected chi connectivity index (χ1v) is 9.11. The summed E-state index contributed by atoms with van der Waals surface area (Å²) in [6.45, 7) is 0.261. The molecule has 0 aliphatic carbocycles. The van der Waals surface area contributed by atoms with Gasteiger partial charge >= 0.3 is 6.09 Å². The molecule has 1 saturated heterocycles. The van der Waals surface area contributed by atoms with Crippen molar-refractivity contribution in [2.75, 3.05) is 11.5 Å². The Hall–Kier alpha value is -2.69. The first-order valence-electron chi connectivity index (χ1n) is 8.36. The molecular weight excluding hydrogens is 385 g/mol. The molecule has 1 unspecified atom stereocenters. The van der Waals surface area contributed by atoms with Crippen LogP contribution in [0.15, 0.2) is 72.8 Å². The summed E-state index contributed by atoms with van der Waals surface area (Å²) in [5.74, 6) is 1.21. The number of nitrogens with zero attached hydrogens (tertiary/aromatic N) is 1. The number of carbonyl (C=O) groups is 1. The van der Waals surface area contributed by atoms with Crippen molar-refractivity contribution in [2.45, 2.75) is 6.04 Å². The maximum absolute atomic E-state index is 12.3. The van der Waals surface area contributed by atoms with Gasteiger partial charge in [-0.3, -0.25) is 4.90 Å². The molecule has 1 fully saturated rings. The maximum atomic E-state index is 12.3. The normalized spacial score (nSPS) is 16.3. The standard InChI is InChI=1S/C21H15Cl2NO3/c22-15-8-10-16(11-9-15)24-19(13-26-21(24)25)14-4-3-5-17(12-14)27-20-7-2-1-6-18(20)23/h1-12,19H,13H2. The minimum absolute atomic E-state index is 0.256. The highest BCUT2D eigenvalue weighted by atomic mass is 35.5. The van der Waals surface area contributed by atoms with E-state index in [1.807, 2.05) is 36.4 Å². The minimum Gasteiger partial charge on any atom is -0.456 e. The van der Waals surface area contributed by atoms with Gasteiger partial charge in [-0.2, -0.15) is 0 Å². The fraction of sp³-hybridized carbons (Fsp3) is 0.0952. The van der Waals surface area contributed by atoms with E-state index in [1.54, 1.807) is 41.3 Å². The minimum atomic E-state index is -0.389. The zero-order valence-electron chi connectivity index (χ0n) is 14.1. The van der Waals surface area contributed by atoms with Gasteiger partial charge in [0, 0.05) is 10.7 Å². The number of hydrogen-bond donors (Lipinski definition) is 0. The van der Waals surface area contributed by atoms with Gasteiger partial charge < -0.3 is 9.47 Å². The van der Waals surface area contributed by atoms with E-state index in [0.29, 0.717) is 21.5 Å². The van der Waals surface area contributed by atoms with Gasteiger partial charge in [-0.15, -0.1) is 0 Å². The Kier molecular flexibility index (Phi) is 4.92. The molecule has 0 radical (unpaired) electrons. The van der Waals surface area contributed by atoms with Crippen LogP contribution in [0.3, 0.4) is 0 Å². The lowest BCUT2D eigenvalue weighted by Crippen LogP contribution is -2.27. The van der Waals surface area contributed by atoms with Gasteiger partial charge in [0.25, 0.3) is 0 Å². The smallest absolute Gasteiger partial charge is 0.415 e. The number of anilines is 1. The summed E-state index contributed by atoms with van der Waals surface area (Å²) < 4.78 is 11.2. The first-order chi connectivity index (χ1) is 13.1. The van der Waals surface area contributed by atoms with Gasteiger partial charge in [0.05, 0.1) is 11.1 Å². The van der Waals surface area contributed by atoms with Crippen molar-refractivity contribution in [3.05, 3.63) is 88.4 Å². The van der Waals surface area contributed by atoms with Crippen LogP contribution in [-0.4, -0.2) is 12.7 Å². The lowest BCUT2D eigenvalue weighted by Gasteiger charge is -2.22. The SMILES string of the molecule is O=C1OCC(c2cccc(Oc3ccccc3Cl)c2)N1c1ccc(Cl)cc1. The zero-order valence-corrected chi connectivity index (χ0v) is 15.7. The molecule has 0 aromatic heterocycles. The molecule has 4 nitrogen and oxygen atoms in total. The highest BCUT2D eigenvalue weighted by Crippen LogP contribution is 2.36. The average Bonchev–Trinajstić information content (AvgIpc) is 3.06. The highest BCUT2D eigenvalue weighted by molar-refractivity contribution is 6.32. The lowest BCUT2D eigenvalue weighted by molar-refractivity contribution is 0.179. The molecule has 0 spiro atoms. The quantitative estimate of drug-likeness (QED) is 0.503. The lowest BCUT2D eigenvalue weighted by atomic mass is 10.1. The molecule has 27 heavy (non-hydrogen) atoms. The van der Waals surface area contributed by atoms with Crippen LogP contribution in [0.2, 0.25) is 10.0 Å². The van der Waals surface area contributed by atoms with Crippen LogP contribution in [-0.2, 0) is 4.74 Å². The van der Waals surface area contributed by atoms with Crippen molar-refractivity contribution in [1.29, 1.82) is 0 Å². The molecule has 0 bridgehead atoms. The van der Waals surface area contributed by atoms with Crippen molar-refractivity contribution in [2.24, 2.45) is 0 Å². The average molecular weight is 400 g/mol. The summed E-state index contributed by atoms with van der Waals surface area (Å²) in [4.78, 5) is 13.9. The summed E-state index contributed by atoms with van der Waals surface area (Å²) in [5.41, 5.74) is 1.63. The monoisotopic (exact) mass is 399 g/mol. The molecule has 1 aliphatic rings. The van der Waals surface area contributed by atoms with Crippen molar-refractivity contribution in [3.8, 4) is 11.5 Å². The molecule has 1 aliphatic heterocycles. The Morgan fingerprint density at radius 3 is 2.52 bits per heavy atom. The number of hydrogen-bond acceptors (Lipinski definition) is 3. The highest BCUT2D eigenvalue weighted by Gasteiger charge is 2.35. The van der Waals surface area contributed by atoms with Gasteiger partial charge in [0.2, 0.25) is 0 Å². The second kappa shape index (κ2) is 7.51. The molecule has 136 valence electrons. The van der Waals surface area contributed by atoms with E-state index in [0.717, 1.165) is 11.3 Å².